The number of morpholine rings is 1. The zero-order chi connectivity index (χ0) is 17.5. The number of thiophene rings is 1. The van der Waals surface area contributed by atoms with Crippen LogP contribution in [0.4, 0.5) is 0 Å². The topological polar surface area (TPSA) is 41.6 Å². The molecule has 25 heavy (non-hydrogen) atoms. The molecule has 0 spiro atoms. The van der Waals surface area contributed by atoms with Crippen molar-refractivity contribution >= 4 is 33.2 Å². The fourth-order valence-electron chi connectivity index (χ4n) is 2.80. The van der Waals surface area contributed by atoms with Gasteiger partial charge in [-0.25, -0.2) is 0 Å². The number of amides is 1. The zero-order valence-corrected chi connectivity index (χ0v) is 16.6. The lowest BCUT2D eigenvalue weighted by Crippen LogP contribution is -2.37. The van der Waals surface area contributed by atoms with Crippen LogP contribution in [0.1, 0.15) is 22.5 Å². The molecular formula is C19H23BrN2O2S. The first-order valence-electron chi connectivity index (χ1n) is 8.66. The molecule has 0 radical (unpaired) electrons. The molecule has 6 heteroatoms. The Morgan fingerprint density at radius 1 is 1.12 bits per heavy atom. The molecular weight excluding hydrogens is 400 g/mol. The molecule has 1 aliphatic rings. The predicted molar refractivity (Wildman–Crippen MR) is 106 cm³/mol. The zero-order valence-electron chi connectivity index (χ0n) is 14.2. The number of nitrogens with one attached hydrogen (secondary N) is 1. The van der Waals surface area contributed by atoms with E-state index in [2.05, 4.69) is 38.3 Å². The molecule has 1 N–H and O–H groups in total. The van der Waals surface area contributed by atoms with Gasteiger partial charge in [-0.2, -0.15) is 0 Å². The SMILES string of the molecule is O=C(NCCCCN1CCOCC1)c1ccc(-c2ccc(Br)cc2)s1. The van der Waals surface area contributed by atoms with Crippen LogP contribution in [-0.4, -0.2) is 50.2 Å². The number of ether oxygens (including phenoxy) is 1. The third-order valence-corrected chi connectivity index (χ3v) is 5.91. The maximum Gasteiger partial charge on any atom is 0.261 e. The van der Waals surface area contributed by atoms with E-state index < -0.39 is 0 Å². The van der Waals surface area contributed by atoms with Crippen molar-refractivity contribution in [2.75, 3.05) is 39.4 Å². The van der Waals surface area contributed by atoms with Crippen molar-refractivity contribution in [1.82, 2.24) is 10.2 Å². The van der Waals surface area contributed by atoms with Gasteiger partial charge in [-0.3, -0.25) is 9.69 Å². The van der Waals surface area contributed by atoms with E-state index in [1.807, 2.05) is 24.3 Å². The quantitative estimate of drug-likeness (QED) is 0.684. The van der Waals surface area contributed by atoms with Gasteiger partial charge in [0.2, 0.25) is 0 Å². The molecule has 2 heterocycles. The first kappa shape index (κ1) is 18.6. The van der Waals surface area contributed by atoms with Crippen LogP contribution in [0.15, 0.2) is 40.9 Å². The highest BCUT2D eigenvalue weighted by Gasteiger charge is 2.11. The molecule has 1 aromatic heterocycles. The van der Waals surface area contributed by atoms with Gasteiger partial charge in [0.05, 0.1) is 18.1 Å². The Kier molecular flexibility index (Phi) is 7.04. The van der Waals surface area contributed by atoms with Gasteiger partial charge in [0.15, 0.2) is 0 Å². The first-order chi connectivity index (χ1) is 12.2. The van der Waals surface area contributed by atoms with Crippen LogP contribution < -0.4 is 5.32 Å². The van der Waals surface area contributed by atoms with Crippen molar-refractivity contribution in [3.8, 4) is 10.4 Å². The lowest BCUT2D eigenvalue weighted by Gasteiger charge is -2.26. The molecule has 2 aromatic rings. The second kappa shape index (κ2) is 9.48. The molecule has 134 valence electrons. The summed E-state index contributed by atoms with van der Waals surface area (Å²) in [6, 6.07) is 12.1. The molecule has 0 bridgehead atoms. The van der Waals surface area contributed by atoms with Gasteiger partial charge in [0.1, 0.15) is 0 Å². The minimum atomic E-state index is 0.0275. The molecule has 1 fully saturated rings. The van der Waals surface area contributed by atoms with E-state index in [1.54, 1.807) is 0 Å². The number of unbranched alkanes of at least 4 members (excludes halogenated alkanes) is 1. The van der Waals surface area contributed by atoms with Crippen molar-refractivity contribution in [1.29, 1.82) is 0 Å². The summed E-state index contributed by atoms with van der Waals surface area (Å²) in [6.45, 7) is 5.56. The van der Waals surface area contributed by atoms with Crippen LogP contribution in [0, 0.1) is 0 Å². The van der Waals surface area contributed by atoms with Crippen molar-refractivity contribution < 1.29 is 9.53 Å². The van der Waals surface area contributed by atoms with Gasteiger partial charge in [-0.15, -0.1) is 11.3 Å². The molecule has 0 aliphatic carbocycles. The van der Waals surface area contributed by atoms with E-state index in [1.165, 1.54) is 11.3 Å². The highest BCUT2D eigenvalue weighted by molar-refractivity contribution is 9.10. The van der Waals surface area contributed by atoms with Crippen LogP contribution in [0.5, 0.6) is 0 Å². The number of carbonyl (C=O) groups excluding carboxylic acids is 1. The number of hydrogen-bond acceptors (Lipinski definition) is 4. The highest BCUT2D eigenvalue weighted by atomic mass is 79.9. The van der Waals surface area contributed by atoms with Crippen molar-refractivity contribution in [3.05, 3.63) is 45.7 Å². The maximum atomic E-state index is 12.3. The summed E-state index contributed by atoms with van der Waals surface area (Å²) in [4.78, 5) is 16.6. The molecule has 1 saturated heterocycles. The molecule has 4 nitrogen and oxygen atoms in total. The Hall–Kier alpha value is -1.21. The van der Waals surface area contributed by atoms with Gasteiger partial charge < -0.3 is 10.1 Å². The summed E-state index contributed by atoms with van der Waals surface area (Å²) in [5, 5.41) is 3.03. The molecule has 1 aliphatic heterocycles. The average molecular weight is 423 g/mol. The summed E-state index contributed by atoms with van der Waals surface area (Å²) >= 11 is 4.98. The number of nitrogens with zero attached hydrogens (tertiary/aromatic N) is 1. The maximum absolute atomic E-state index is 12.3. The van der Waals surface area contributed by atoms with Gasteiger partial charge >= 0.3 is 0 Å². The fourth-order valence-corrected chi connectivity index (χ4v) is 4.00. The van der Waals surface area contributed by atoms with Gasteiger partial charge in [-0.1, -0.05) is 28.1 Å². The normalized spacial score (nSPS) is 15.2. The number of rotatable bonds is 7. The van der Waals surface area contributed by atoms with Crippen molar-refractivity contribution in [2.24, 2.45) is 0 Å². The molecule has 3 rings (SSSR count). The molecule has 1 amide bonds. The van der Waals surface area contributed by atoms with Crippen LogP contribution in [0.25, 0.3) is 10.4 Å². The number of halogens is 1. The smallest absolute Gasteiger partial charge is 0.261 e. The van der Waals surface area contributed by atoms with E-state index in [4.69, 9.17) is 4.74 Å². The Balaban J connectivity index is 1.40. The first-order valence-corrected chi connectivity index (χ1v) is 10.3. The van der Waals surface area contributed by atoms with E-state index in [0.717, 1.165) is 72.0 Å². The van der Waals surface area contributed by atoms with Crippen LogP contribution >= 0.6 is 27.3 Å². The van der Waals surface area contributed by atoms with Gasteiger partial charge in [0.25, 0.3) is 5.91 Å². The highest BCUT2D eigenvalue weighted by Crippen LogP contribution is 2.29. The second-order valence-corrected chi connectivity index (χ2v) is 8.09. The molecule has 0 unspecified atom stereocenters. The summed E-state index contributed by atoms with van der Waals surface area (Å²) in [6.07, 6.45) is 2.11. The van der Waals surface area contributed by atoms with Crippen LogP contribution in [0.3, 0.4) is 0 Å². The van der Waals surface area contributed by atoms with E-state index >= 15 is 0 Å². The fraction of sp³-hybridized carbons (Fsp3) is 0.421. The predicted octanol–water partition coefficient (Wildman–Crippen LogP) is 4.02. The Morgan fingerprint density at radius 3 is 2.64 bits per heavy atom. The summed E-state index contributed by atoms with van der Waals surface area (Å²) in [7, 11) is 0. The van der Waals surface area contributed by atoms with Crippen molar-refractivity contribution in [3.63, 3.8) is 0 Å². The standard InChI is InChI=1S/C19H23BrN2O2S/c20-16-5-3-15(4-6-16)17-7-8-18(25-17)19(23)21-9-1-2-10-22-11-13-24-14-12-22/h3-8H,1-2,9-14H2,(H,21,23). The number of benzene rings is 1. The number of hydrogen-bond donors (Lipinski definition) is 1. The minimum Gasteiger partial charge on any atom is -0.379 e. The lowest BCUT2D eigenvalue weighted by atomic mass is 10.2. The van der Waals surface area contributed by atoms with Crippen LogP contribution in [0.2, 0.25) is 0 Å². The second-order valence-electron chi connectivity index (χ2n) is 6.09. The third kappa shape index (κ3) is 5.64. The van der Waals surface area contributed by atoms with Crippen molar-refractivity contribution in [2.45, 2.75) is 12.8 Å². The summed E-state index contributed by atoms with van der Waals surface area (Å²) < 4.78 is 6.41. The Labute approximate surface area is 161 Å². The van der Waals surface area contributed by atoms with E-state index in [0.29, 0.717) is 0 Å². The molecule has 1 aromatic carbocycles. The van der Waals surface area contributed by atoms with Crippen LogP contribution in [-0.2, 0) is 4.74 Å². The minimum absolute atomic E-state index is 0.0275. The van der Waals surface area contributed by atoms with Gasteiger partial charge in [0, 0.05) is 29.0 Å². The monoisotopic (exact) mass is 422 g/mol. The largest absolute Gasteiger partial charge is 0.379 e. The summed E-state index contributed by atoms with van der Waals surface area (Å²) in [5.74, 6) is 0.0275. The Bertz CT molecular complexity index is 681. The van der Waals surface area contributed by atoms with E-state index in [-0.39, 0.29) is 5.91 Å². The molecule has 0 atom stereocenters. The Morgan fingerprint density at radius 2 is 1.88 bits per heavy atom. The summed E-state index contributed by atoms with van der Waals surface area (Å²) in [5.41, 5.74) is 1.14. The lowest BCUT2D eigenvalue weighted by molar-refractivity contribution is 0.0372. The number of carbonyl (C=O) groups is 1. The molecule has 0 saturated carbocycles. The van der Waals surface area contributed by atoms with E-state index in [9.17, 15) is 4.79 Å². The third-order valence-electron chi connectivity index (χ3n) is 4.25. The average Bonchev–Trinajstić information content (AvgIpc) is 3.13. The van der Waals surface area contributed by atoms with Gasteiger partial charge in [-0.05, 0) is 49.2 Å².